The second kappa shape index (κ2) is 5.84. The molecule has 20 heavy (non-hydrogen) atoms. The van der Waals surface area contributed by atoms with Gasteiger partial charge in [-0.3, -0.25) is 0 Å². The van der Waals surface area contributed by atoms with E-state index < -0.39 is 0 Å². The molecule has 3 unspecified atom stereocenters. The molecular formula is C16H22Cl2N2. The number of fused-ring (bicyclic) bond motifs is 2. The number of hydrogen-bond acceptors (Lipinski definition) is 2. The summed E-state index contributed by atoms with van der Waals surface area (Å²) in [6.45, 7) is 0. The zero-order valence-corrected chi connectivity index (χ0v) is 13.4. The quantitative estimate of drug-likeness (QED) is 0.921. The summed E-state index contributed by atoms with van der Waals surface area (Å²) < 4.78 is 0. The molecule has 2 N–H and O–H groups in total. The monoisotopic (exact) mass is 312 g/mol. The van der Waals surface area contributed by atoms with Gasteiger partial charge in [0.25, 0.3) is 0 Å². The van der Waals surface area contributed by atoms with Crippen molar-refractivity contribution < 1.29 is 0 Å². The number of piperidine rings is 1. The SMILES string of the molecule is CN1C2CCC1CC(C(N)Cc1cccc(Cl)c1Cl)C2. The molecule has 0 aromatic heterocycles. The van der Waals surface area contributed by atoms with Crippen LogP contribution in [0.3, 0.4) is 0 Å². The van der Waals surface area contributed by atoms with E-state index in [4.69, 9.17) is 28.9 Å². The first-order valence-corrected chi connectivity index (χ1v) is 8.22. The summed E-state index contributed by atoms with van der Waals surface area (Å²) in [6.07, 6.45) is 5.95. The van der Waals surface area contributed by atoms with Crippen molar-refractivity contribution in [3.05, 3.63) is 33.8 Å². The van der Waals surface area contributed by atoms with E-state index in [1.54, 1.807) is 0 Å². The first kappa shape index (κ1) is 14.6. The predicted molar refractivity (Wildman–Crippen MR) is 85.4 cm³/mol. The summed E-state index contributed by atoms with van der Waals surface area (Å²) in [5.74, 6) is 0.610. The van der Waals surface area contributed by atoms with Crippen molar-refractivity contribution in [1.82, 2.24) is 4.90 Å². The van der Waals surface area contributed by atoms with Gasteiger partial charge in [0.05, 0.1) is 10.0 Å². The number of nitrogens with zero attached hydrogens (tertiary/aromatic N) is 1. The lowest BCUT2D eigenvalue weighted by atomic mass is 9.83. The minimum atomic E-state index is 0.183. The molecule has 0 saturated carbocycles. The molecule has 0 spiro atoms. The fourth-order valence-electron chi connectivity index (χ4n) is 3.93. The topological polar surface area (TPSA) is 29.3 Å². The molecule has 3 rings (SSSR count). The van der Waals surface area contributed by atoms with Gasteiger partial charge in [-0.2, -0.15) is 0 Å². The highest BCUT2D eigenvalue weighted by molar-refractivity contribution is 6.42. The Balaban J connectivity index is 1.68. The number of nitrogens with two attached hydrogens (primary N) is 1. The van der Waals surface area contributed by atoms with Crippen molar-refractivity contribution in [2.45, 2.75) is 50.2 Å². The van der Waals surface area contributed by atoms with Crippen molar-refractivity contribution in [3.8, 4) is 0 Å². The third kappa shape index (κ3) is 2.71. The maximum absolute atomic E-state index is 6.48. The normalized spacial score (nSPS) is 31.5. The number of halogens is 2. The molecule has 0 aliphatic carbocycles. The van der Waals surface area contributed by atoms with Crippen molar-refractivity contribution in [2.75, 3.05) is 7.05 Å². The van der Waals surface area contributed by atoms with Gasteiger partial charge in [0.15, 0.2) is 0 Å². The van der Waals surface area contributed by atoms with Crippen LogP contribution in [0.1, 0.15) is 31.2 Å². The van der Waals surface area contributed by atoms with E-state index in [-0.39, 0.29) is 6.04 Å². The van der Waals surface area contributed by atoms with Gasteiger partial charge in [-0.15, -0.1) is 0 Å². The Morgan fingerprint density at radius 2 is 1.90 bits per heavy atom. The number of rotatable bonds is 3. The molecule has 4 heteroatoms. The third-order valence-corrected chi connectivity index (χ3v) is 6.09. The van der Waals surface area contributed by atoms with Crippen LogP contribution in [-0.2, 0) is 6.42 Å². The average molecular weight is 313 g/mol. The first-order valence-electron chi connectivity index (χ1n) is 7.46. The number of hydrogen-bond donors (Lipinski definition) is 1. The Morgan fingerprint density at radius 3 is 2.55 bits per heavy atom. The molecule has 2 saturated heterocycles. The van der Waals surface area contributed by atoms with E-state index in [2.05, 4.69) is 11.9 Å². The summed E-state index contributed by atoms with van der Waals surface area (Å²) in [5, 5.41) is 1.29. The van der Waals surface area contributed by atoms with E-state index in [0.717, 1.165) is 24.1 Å². The van der Waals surface area contributed by atoms with Crippen LogP contribution in [0.25, 0.3) is 0 Å². The van der Waals surface area contributed by atoms with Gasteiger partial charge in [0, 0.05) is 18.1 Å². The van der Waals surface area contributed by atoms with Crippen molar-refractivity contribution in [2.24, 2.45) is 11.7 Å². The maximum atomic E-state index is 6.48. The summed E-state index contributed by atoms with van der Waals surface area (Å²) >= 11 is 12.4. The van der Waals surface area contributed by atoms with Crippen LogP contribution in [0.5, 0.6) is 0 Å². The van der Waals surface area contributed by atoms with Gasteiger partial charge in [0.1, 0.15) is 0 Å². The zero-order chi connectivity index (χ0) is 14.3. The molecule has 2 fully saturated rings. The molecule has 2 nitrogen and oxygen atoms in total. The van der Waals surface area contributed by atoms with Crippen LogP contribution in [0.15, 0.2) is 18.2 Å². The van der Waals surface area contributed by atoms with E-state index in [0.29, 0.717) is 16.0 Å². The van der Waals surface area contributed by atoms with Gasteiger partial charge >= 0.3 is 0 Å². The molecule has 0 amide bonds. The Bertz CT molecular complexity index is 477. The van der Waals surface area contributed by atoms with Crippen LogP contribution in [0, 0.1) is 5.92 Å². The lowest BCUT2D eigenvalue weighted by Crippen LogP contribution is -2.46. The first-order chi connectivity index (χ1) is 9.56. The summed E-state index contributed by atoms with van der Waals surface area (Å²) in [5.41, 5.74) is 7.56. The summed E-state index contributed by atoms with van der Waals surface area (Å²) in [4.78, 5) is 2.55. The van der Waals surface area contributed by atoms with Gasteiger partial charge in [-0.05, 0) is 56.7 Å². The largest absolute Gasteiger partial charge is 0.327 e. The zero-order valence-electron chi connectivity index (χ0n) is 11.9. The highest BCUT2D eigenvalue weighted by Gasteiger charge is 2.40. The molecule has 1 aromatic carbocycles. The molecule has 2 aliphatic rings. The van der Waals surface area contributed by atoms with Crippen LogP contribution in [0.2, 0.25) is 10.0 Å². The fourth-order valence-corrected chi connectivity index (χ4v) is 4.33. The smallest absolute Gasteiger partial charge is 0.0624 e. The second-order valence-corrected chi connectivity index (χ2v) is 7.15. The lowest BCUT2D eigenvalue weighted by Gasteiger charge is -2.38. The molecule has 110 valence electrons. The molecule has 3 atom stereocenters. The van der Waals surface area contributed by atoms with Crippen LogP contribution < -0.4 is 5.73 Å². The maximum Gasteiger partial charge on any atom is 0.0624 e. The van der Waals surface area contributed by atoms with Crippen molar-refractivity contribution >= 4 is 23.2 Å². The number of benzene rings is 1. The van der Waals surface area contributed by atoms with E-state index in [9.17, 15) is 0 Å². The Kier molecular flexibility index (Phi) is 4.28. The third-order valence-electron chi connectivity index (χ3n) is 5.23. The van der Waals surface area contributed by atoms with Gasteiger partial charge in [0.2, 0.25) is 0 Å². The molecule has 2 heterocycles. The Labute approximate surface area is 131 Å². The molecule has 2 bridgehead atoms. The molecule has 1 aromatic rings. The van der Waals surface area contributed by atoms with Gasteiger partial charge in [-0.1, -0.05) is 35.3 Å². The standard InChI is InChI=1S/C16H22Cl2N2/c1-20-12-5-6-13(20)8-11(7-12)15(19)9-10-3-2-4-14(17)16(10)18/h2-4,11-13,15H,5-9,19H2,1H3. The average Bonchev–Trinajstić information content (AvgIpc) is 2.66. The minimum absolute atomic E-state index is 0.183. The molecule has 0 radical (unpaired) electrons. The highest BCUT2D eigenvalue weighted by atomic mass is 35.5. The summed E-state index contributed by atoms with van der Waals surface area (Å²) in [7, 11) is 2.26. The lowest BCUT2D eigenvalue weighted by molar-refractivity contribution is 0.120. The highest BCUT2D eigenvalue weighted by Crippen LogP contribution is 2.39. The predicted octanol–water partition coefficient (Wildman–Crippen LogP) is 3.74. The van der Waals surface area contributed by atoms with Crippen molar-refractivity contribution in [1.29, 1.82) is 0 Å². The van der Waals surface area contributed by atoms with Crippen molar-refractivity contribution in [3.63, 3.8) is 0 Å². The Morgan fingerprint density at radius 1 is 1.25 bits per heavy atom. The van der Waals surface area contributed by atoms with Gasteiger partial charge < -0.3 is 10.6 Å². The van der Waals surface area contributed by atoms with Crippen LogP contribution >= 0.6 is 23.2 Å². The molecular weight excluding hydrogens is 291 g/mol. The van der Waals surface area contributed by atoms with E-state index >= 15 is 0 Å². The second-order valence-electron chi connectivity index (χ2n) is 6.36. The fraction of sp³-hybridized carbons (Fsp3) is 0.625. The molecule has 2 aliphatic heterocycles. The van der Waals surface area contributed by atoms with Crippen LogP contribution in [0.4, 0.5) is 0 Å². The van der Waals surface area contributed by atoms with E-state index in [1.165, 1.54) is 25.7 Å². The van der Waals surface area contributed by atoms with E-state index in [1.807, 2.05) is 18.2 Å². The Hall–Kier alpha value is -0.280. The van der Waals surface area contributed by atoms with Gasteiger partial charge in [-0.25, -0.2) is 0 Å². The van der Waals surface area contributed by atoms with Crippen LogP contribution in [-0.4, -0.2) is 30.1 Å². The summed E-state index contributed by atoms with van der Waals surface area (Å²) in [6, 6.07) is 7.48. The minimum Gasteiger partial charge on any atom is -0.327 e.